The lowest BCUT2D eigenvalue weighted by molar-refractivity contribution is -0.138. The van der Waals surface area contributed by atoms with Crippen LogP contribution in [0.4, 0.5) is 23.2 Å². The number of fused-ring (bicyclic) bond motifs is 2. The maximum Gasteiger partial charge on any atom is 0.416 e. The first kappa shape index (κ1) is 24.7. The average Bonchev–Trinajstić information content (AvgIpc) is 3.42. The Morgan fingerprint density at radius 2 is 2.03 bits per heavy atom. The molecule has 0 saturated heterocycles. The Labute approximate surface area is 208 Å². The minimum Gasteiger partial charge on any atom is -0.387 e. The summed E-state index contributed by atoms with van der Waals surface area (Å²) in [5.41, 5.74) is 7.02. The van der Waals surface area contributed by atoms with E-state index in [4.69, 9.17) is 5.73 Å². The molecule has 0 aliphatic carbocycles. The van der Waals surface area contributed by atoms with E-state index in [0.717, 1.165) is 29.5 Å². The van der Waals surface area contributed by atoms with Crippen LogP contribution in [0.2, 0.25) is 0 Å². The minimum absolute atomic E-state index is 0.169. The largest absolute Gasteiger partial charge is 0.416 e. The average molecular weight is 517 g/mol. The monoisotopic (exact) mass is 517 g/mol. The van der Waals surface area contributed by atoms with Crippen LogP contribution in [0, 0.1) is 5.82 Å². The summed E-state index contributed by atoms with van der Waals surface area (Å²) in [6.45, 7) is 1.82. The van der Waals surface area contributed by atoms with E-state index in [1.54, 1.807) is 19.1 Å². The lowest BCUT2D eigenvalue weighted by Gasteiger charge is -2.31. The molecular formula is C24H23F4N7O2. The van der Waals surface area contributed by atoms with Gasteiger partial charge in [-0.15, -0.1) is 0 Å². The van der Waals surface area contributed by atoms with Crippen molar-refractivity contribution in [3.05, 3.63) is 81.4 Å². The fraction of sp³-hybridized carbons (Fsp3) is 0.292. The zero-order chi connectivity index (χ0) is 26.5. The SMILES string of the molecule is C[C@@H](O)c1n[nH]c2c1CN(C1=NC(NCc3c(F)cccc3C(F)(F)F)c3cccc(C(N)=O)c3N1)C2. The molecule has 1 amide bonds. The van der Waals surface area contributed by atoms with E-state index in [1.165, 1.54) is 6.07 Å². The summed E-state index contributed by atoms with van der Waals surface area (Å²) in [4.78, 5) is 18.6. The number of halogens is 4. The number of nitrogens with one attached hydrogen (secondary N) is 3. The van der Waals surface area contributed by atoms with E-state index in [0.29, 0.717) is 36.0 Å². The third kappa shape index (κ3) is 4.51. The van der Waals surface area contributed by atoms with Gasteiger partial charge in [-0.3, -0.25) is 15.2 Å². The number of aromatic amines is 1. The van der Waals surface area contributed by atoms with E-state index in [9.17, 15) is 27.5 Å². The van der Waals surface area contributed by atoms with Crippen LogP contribution < -0.4 is 16.4 Å². The van der Waals surface area contributed by atoms with Crippen LogP contribution in [-0.2, 0) is 25.8 Å². The second-order valence-electron chi connectivity index (χ2n) is 8.86. The molecule has 6 N–H and O–H groups in total. The molecule has 2 aliphatic rings. The Bertz CT molecular complexity index is 1400. The van der Waals surface area contributed by atoms with Gasteiger partial charge in [-0.05, 0) is 25.1 Å². The molecule has 3 aromatic rings. The van der Waals surface area contributed by atoms with Gasteiger partial charge >= 0.3 is 6.18 Å². The maximum absolute atomic E-state index is 14.5. The van der Waals surface area contributed by atoms with Crippen molar-refractivity contribution in [1.29, 1.82) is 0 Å². The summed E-state index contributed by atoms with van der Waals surface area (Å²) in [6, 6.07) is 7.56. The number of rotatable bonds is 5. The van der Waals surface area contributed by atoms with Crippen LogP contribution in [0.15, 0.2) is 41.4 Å². The molecule has 2 aromatic carbocycles. The van der Waals surface area contributed by atoms with Crippen LogP contribution in [0.3, 0.4) is 0 Å². The number of guanidine groups is 1. The first-order chi connectivity index (χ1) is 17.5. The highest BCUT2D eigenvalue weighted by Gasteiger charge is 2.36. The van der Waals surface area contributed by atoms with Gasteiger partial charge in [0.1, 0.15) is 12.0 Å². The molecule has 3 heterocycles. The van der Waals surface area contributed by atoms with E-state index in [1.807, 2.05) is 4.90 Å². The number of nitrogens with zero attached hydrogens (tertiary/aromatic N) is 3. The Hall–Kier alpha value is -3.97. The number of H-pyrrole nitrogens is 1. The van der Waals surface area contributed by atoms with Gasteiger partial charge in [-0.1, -0.05) is 18.2 Å². The molecule has 194 valence electrons. The molecule has 13 heteroatoms. The van der Waals surface area contributed by atoms with Gasteiger partial charge in [0.25, 0.3) is 5.91 Å². The first-order valence-electron chi connectivity index (χ1n) is 11.4. The summed E-state index contributed by atoms with van der Waals surface area (Å²) in [5.74, 6) is -1.38. The quantitative estimate of drug-likeness (QED) is 0.330. The normalized spacial score (nSPS) is 17.6. The fourth-order valence-electron chi connectivity index (χ4n) is 4.66. The molecule has 2 aliphatic heterocycles. The lowest BCUT2D eigenvalue weighted by atomic mass is 10.0. The van der Waals surface area contributed by atoms with Gasteiger partial charge in [0, 0.05) is 23.2 Å². The molecule has 37 heavy (non-hydrogen) atoms. The van der Waals surface area contributed by atoms with Crippen molar-refractivity contribution in [3.8, 4) is 0 Å². The van der Waals surface area contributed by atoms with Crippen LogP contribution >= 0.6 is 0 Å². The zero-order valence-electron chi connectivity index (χ0n) is 19.5. The molecule has 0 saturated carbocycles. The van der Waals surface area contributed by atoms with Gasteiger partial charge in [-0.25, -0.2) is 9.38 Å². The van der Waals surface area contributed by atoms with E-state index >= 15 is 0 Å². The molecule has 0 radical (unpaired) electrons. The number of nitrogens with two attached hydrogens (primary N) is 1. The number of hydrogen-bond donors (Lipinski definition) is 5. The molecule has 2 atom stereocenters. The number of carbonyl (C=O) groups excluding carboxylic acids is 1. The summed E-state index contributed by atoms with van der Waals surface area (Å²) in [6.07, 6.45) is -6.45. The van der Waals surface area contributed by atoms with Crippen LogP contribution in [-0.4, -0.2) is 32.1 Å². The second-order valence-corrected chi connectivity index (χ2v) is 8.86. The molecule has 9 nitrogen and oxygen atoms in total. The van der Waals surface area contributed by atoms with Gasteiger partial charge in [0.2, 0.25) is 5.96 Å². The molecule has 0 spiro atoms. The Morgan fingerprint density at radius 3 is 2.73 bits per heavy atom. The van der Waals surface area contributed by atoms with E-state index in [-0.39, 0.29) is 5.56 Å². The summed E-state index contributed by atoms with van der Waals surface area (Å²) in [5, 5.41) is 23.1. The van der Waals surface area contributed by atoms with Gasteiger partial charge < -0.3 is 21.1 Å². The standard InChI is InChI=1S/C24H23F4N7O2/c1-11(36)19-15-9-35(10-18(15)33-34-19)23-31-20-12(21(29)37)4-2-5-13(20)22(32-23)30-8-14-16(24(26,27)28)6-3-7-17(14)25/h2-7,11,22,30,36H,8-10H2,1H3,(H2,29,37)(H,31,32)(H,33,34)/t11-,22?/m1/s1. The maximum atomic E-state index is 14.5. The Balaban J connectivity index is 1.49. The lowest BCUT2D eigenvalue weighted by Crippen LogP contribution is -2.39. The third-order valence-electron chi connectivity index (χ3n) is 6.42. The van der Waals surface area contributed by atoms with Crippen molar-refractivity contribution in [2.75, 3.05) is 5.32 Å². The predicted molar refractivity (Wildman–Crippen MR) is 125 cm³/mol. The summed E-state index contributed by atoms with van der Waals surface area (Å²) < 4.78 is 55.0. The number of hydrogen-bond acceptors (Lipinski definition) is 7. The third-order valence-corrected chi connectivity index (χ3v) is 6.42. The van der Waals surface area contributed by atoms with Crippen molar-refractivity contribution in [2.45, 2.75) is 45.0 Å². The van der Waals surface area contributed by atoms with Crippen LogP contribution in [0.5, 0.6) is 0 Å². The number of carbonyl (C=O) groups is 1. The zero-order valence-corrected chi connectivity index (χ0v) is 19.5. The fourth-order valence-corrected chi connectivity index (χ4v) is 4.66. The van der Waals surface area contributed by atoms with Gasteiger partial charge in [0.15, 0.2) is 0 Å². The minimum atomic E-state index is -4.74. The highest BCUT2D eigenvalue weighted by atomic mass is 19.4. The topological polar surface area (TPSA) is 132 Å². The number of alkyl halides is 3. The van der Waals surface area contributed by atoms with Crippen molar-refractivity contribution >= 4 is 17.6 Å². The number of benzene rings is 2. The molecule has 1 aromatic heterocycles. The number of aromatic nitrogens is 2. The summed E-state index contributed by atoms with van der Waals surface area (Å²) >= 11 is 0. The number of para-hydroxylation sites is 1. The van der Waals surface area contributed by atoms with Crippen LogP contribution in [0.25, 0.3) is 0 Å². The number of amides is 1. The van der Waals surface area contributed by atoms with Crippen molar-refractivity contribution in [1.82, 2.24) is 20.4 Å². The van der Waals surface area contributed by atoms with E-state index < -0.39 is 47.8 Å². The highest BCUT2D eigenvalue weighted by molar-refractivity contribution is 6.06. The Morgan fingerprint density at radius 1 is 1.27 bits per heavy atom. The van der Waals surface area contributed by atoms with Crippen molar-refractivity contribution < 1.29 is 27.5 Å². The second kappa shape index (κ2) is 9.16. The number of anilines is 1. The molecule has 0 fully saturated rings. The number of primary amides is 1. The van der Waals surface area contributed by atoms with Gasteiger partial charge in [0.05, 0.1) is 47.4 Å². The first-order valence-corrected chi connectivity index (χ1v) is 11.4. The van der Waals surface area contributed by atoms with E-state index in [2.05, 4.69) is 25.8 Å². The highest BCUT2D eigenvalue weighted by Crippen LogP contribution is 2.36. The molecule has 0 bridgehead atoms. The molecule has 1 unspecified atom stereocenters. The Kier molecular flexibility index (Phi) is 6.12. The number of aliphatic imine (C=N–C) groups is 1. The smallest absolute Gasteiger partial charge is 0.387 e. The summed E-state index contributed by atoms with van der Waals surface area (Å²) in [7, 11) is 0. The molecule has 5 rings (SSSR count). The van der Waals surface area contributed by atoms with Gasteiger partial charge in [-0.2, -0.15) is 18.3 Å². The van der Waals surface area contributed by atoms with Crippen molar-refractivity contribution in [2.24, 2.45) is 10.7 Å². The number of aliphatic hydroxyl groups is 1. The van der Waals surface area contributed by atoms with Crippen molar-refractivity contribution in [3.63, 3.8) is 0 Å². The van der Waals surface area contributed by atoms with Crippen LogP contribution in [0.1, 0.15) is 63.2 Å². The number of aliphatic hydroxyl groups excluding tert-OH is 1. The predicted octanol–water partition coefficient (Wildman–Crippen LogP) is 3.31. The molecular weight excluding hydrogens is 494 g/mol.